The van der Waals surface area contributed by atoms with Gasteiger partial charge >= 0.3 is 5.69 Å². The molecule has 0 aliphatic heterocycles. The Balaban J connectivity index is 2.07. The minimum absolute atomic E-state index is 0.0143. The second kappa shape index (κ2) is 5.64. The average molecular weight is 274 g/mol. The van der Waals surface area contributed by atoms with E-state index < -0.39 is 0 Å². The van der Waals surface area contributed by atoms with E-state index in [4.69, 9.17) is 5.73 Å². The number of nitrogens with two attached hydrogens (primary N) is 1. The number of aryl methyl sites for hydroxylation is 2. The number of amides is 1. The summed E-state index contributed by atoms with van der Waals surface area (Å²) in [7, 11) is 0. The number of nitrogen functional groups attached to an aromatic ring is 1. The minimum Gasteiger partial charge on any atom is -0.398 e. The lowest BCUT2D eigenvalue weighted by atomic mass is 10.2. The fraction of sp³-hybridized carbons (Fsp3) is 0.286. The molecule has 3 N–H and O–H groups in total. The third kappa shape index (κ3) is 2.90. The van der Waals surface area contributed by atoms with Crippen LogP contribution in [0.4, 0.5) is 11.4 Å². The molecule has 20 heavy (non-hydrogen) atoms. The number of hydrogen-bond acceptors (Lipinski definition) is 3. The zero-order chi connectivity index (χ0) is 14.7. The Morgan fingerprint density at radius 3 is 2.60 bits per heavy atom. The molecule has 1 aromatic heterocycles. The molecule has 0 spiro atoms. The predicted molar refractivity (Wildman–Crippen MR) is 78.6 cm³/mol. The SMILES string of the molecule is CCn1ccn(CC(=O)Nc2ccc(C)c(N)c2)c1=O. The number of aromatic nitrogens is 2. The van der Waals surface area contributed by atoms with Crippen LogP contribution >= 0.6 is 0 Å². The maximum absolute atomic E-state index is 11.9. The van der Waals surface area contributed by atoms with Crippen LogP contribution < -0.4 is 16.7 Å². The van der Waals surface area contributed by atoms with E-state index in [1.807, 2.05) is 19.9 Å². The minimum atomic E-state index is -0.260. The molecular formula is C14H18N4O2. The van der Waals surface area contributed by atoms with Gasteiger partial charge in [0.15, 0.2) is 0 Å². The Kier molecular flexibility index (Phi) is 3.93. The van der Waals surface area contributed by atoms with Gasteiger partial charge in [-0.1, -0.05) is 6.07 Å². The molecule has 106 valence electrons. The van der Waals surface area contributed by atoms with Crippen molar-refractivity contribution in [3.63, 3.8) is 0 Å². The van der Waals surface area contributed by atoms with Gasteiger partial charge in [0.2, 0.25) is 5.91 Å². The first-order valence-corrected chi connectivity index (χ1v) is 6.43. The van der Waals surface area contributed by atoms with Crippen LogP contribution in [0.25, 0.3) is 0 Å². The van der Waals surface area contributed by atoms with Gasteiger partial charge in [-0.3, -0.25) is 13.9 Å². The molecule has 1 amide bonds. The third-order valence-corrected chi connectivity index (χ3v) is 3.14. The molecule has 1 aromatic carbocycles. The maximum Gasteiger partial charge on any atom is 0.328 e. The molecule has 0 aliphatic carbocycles. The highest BCUT2D eigenvalue weighted by atomic mass is 16.2. The number of nitrogens with one attached hydrogen (secondary N) is 1. The van der Waals surface area contributed by atoms with Crippen molar-refractivity contribution < 1.29 is 4.79 Å². The predicted octanol–water partition coefficient (Wildman–Crippen LogP) is 1.20. The van der Waals surface area contributed by atoms with Crippen molar-refractivity contribution >= 4 is 17.3 Å². The zero-order valence-electron chi connectivity index (χ0n) is 11.6. The normalized spacial score (nSPS) is 10.5. The summed E-state index contributed by atoms with van der Waals surface area (Å²) >= 11 is 0. The molecule has 6 heteroatoms. The molecule has 6 nitrogen and oxygen atoms in total. The van der Waals surface area contributed by atoms with Crippen molar-refractivity contribution in [2.45, 2.75) is 26.9 Å². The topological polar surface area (TPSA) is 82.1 Å². The molecule has 0 fully saturated rings. The molecule has 1 heterocycles. The maximum atomic E-state index is 11.9. The molecule has 2 aromatic rings. The van der Waals surface area contributed by atoms with E-state index in [1.54, 1.807) is 24.5 Å². The summed E-state index contributed by atoms with van der Waals surface area (Å²) in [6.45, 7) is 4.34. The monoisotopic (exact) mass is 274 g/mol. The summed E-state index contributed by atoms with van der Waals surface area (Å²) in [5.74, 6) is -0.260. The Morgan fingerprint density at radius 2 is 2.00 bits per heavy atom. The number of rotatable bonds is 4. The summed E-state index contributed by atoms with van der Waals surface area (Å²) < 4.78 is 2.91. The van der Waals surface area contributed by atoms with Crippen LogP contribution in [0.3, 0.4) is 0 Å². The van der Waals surface area contributed by atoms with Crippen molar-refractivity contribution in [1.82, 2.24) is 9.13 Å². The van der Waals surface area contributed by atoms with E-state index in [9.17, 15) is 9.59 Å². The highest BCUT2D eigenvalue weighted by Gasteiger charge is 2.08. The van der Waals surface area contributed by atoms with Crippen molar-refractivity contribution in [3.8, 4) is 0 Å². The van der Waals surface area contributed by atoms with Gasteiger partial charge in [0.1, 0.15) is 6.54 Å². The highest BCUT2D eigenvalue weighted by molar-refractivity contribution is 5.91. The Hall–Kier alpha value is -2.50. The Bertz CT molecular complexity index is 685. The average Bonchev–Trinajstić information content (AvgIpc) is 2.75. The number of nitrogens with zero attached hydrogens (tertiary/aromatic N) is 2. The highest BCUT2D eigenvalue weighted by Crippen LogP contribution is 2.16. The van der Waals surface area contributed by atoms with Crippen molar-refractivity contribution in [2.24, 2.45) is 0 Å². The molecular weight excluding hydrogens is 256 g/mol. The molecule has 0 saturated heterocycles. The van der Waals surface area contributed by atoms with Gasteiger partial charge in [-0.25, -0.2) is 4.79 Å². The number of imidazole rings is 1. The summed E-state index contributed by atoms with van der Waals surface area (Å²) in [5.41, 5.74) is 7.80. The molecule has 2 rings (SSSR count). The summed E-state index contributed by atoms with van der Waals surface area (Å²) in [6, 6.07) is 5.32. The van der Waals surface area contributed by atoms with Crippen molar-refractivity contribution in [1.29, 1.82) is 0 Å². The first kappa shape index (κ1) is 13.9. The van der Waals surface area contributed by atoms with E-state index in [-0.39, 0.29) is 18.1 Å². The lowest BCUT2D eigenvalue weighted by Crippen LogP contribution is -2.28. The quantitative estimate of drug-likeness (QED) is 0.822. The zero-order valence-corrected chi connectivity index (χ0v) is 11.6. The van der Waals surface area contributed by atoms with E-state index in [0.717, 1.165) is 5.56 Å². The molecule has 0 bridgehead atoms. The third-order valence-electron chi connectivity index (χ3n) is 3.14. The van der Waals surface area contributed by atoms with Gasteiger partial charge < -0.3 is 11.1 Å². The molecule has 0 aliphatic rings. The first-order chi connectivity index (χ1) is 9.51. The van der Waals surface area contributed by atoms with Gasteiger partial charge in [-0.05, 0) is 31.5 Å². The van der Waals surface area contributed by atoms with E-state index in [1.165, 1.54) is 9.13 Å². The Morgan fingerprint density at radius 1 is 1.30 bits per heavy atom. The molecule has 0 unspecified atom stereocenters. The largest absolute Gasteiger partial charge is 0.398 e. The van der Waals surface area contributed by atoms with Crippen LogP contribution in [-0.4, -0.2) is 15.0 Å². The van der Waals surface area contributed by atoms with Gasteiger partial charge in [0, 0.05) is 30.3 Å². The van der Waals surface area contributed by atoms with Gasteiger partial charge in [0.25, 0.3) is 0 Å². The van der Waals surface area contributed by atoms with Crippen LogP contribution in [0.15, 0.2) is 35.4 Å². The molecule has 0 atom stereocenters. The Labute approximate surface area is 116 Å². The lowest BCUT2D eigenvalue weighted by Gasteiger charge is -2.07. The van der Waals surface area contributed by atoms with Crippen LogP contribution in [-0.2, 0) is 17.9 Å². The number of hydrogen-bond donors (Lipinski definition) is 2. The van der Waals surface area contributed by atoms with Crippen LogP contribution in [0.2, 0.25) is 0 Å². The number of benzene rings is 1. The molecule has 0 radical (unpaired) electrons. The summed E-state index contributed by atoms with van der Waals surface area (Å²) in [5, 5.41) is 2.73. The number of carbonyl (C=O) groups excluding carboxylic acids is 1. The second-order valence-electron chi connectivity index (χ2n) is 4.61. The fourth-order valence-corrected chi connectivity index (χ4v) is 1.89. The lowest BCUT2D eigenvalue weighted by molar-refractivity contribution is -0.116. The van der Waals surface area contributed by atoms with E-state index in [2.05, 4.69) is 5.32 Å². The van der Waals surface area contributed by atoms with Crippen molar-refractivity contribution in [3.05, 3.63) is 46.6 Å². The smallest absolute Gasteiger partial charge is 0.328 e. The van der Waals surface area contributed by atoms with E-state index in [0.29, 0.717) is 17.9 Å². The van der Waals surface area contributed by atoms with Gasteiger partial charge in [-0.15, -0.1) is 0 Å². The van der Waals surface area contributed by atoms with Crippen LogP contribution in [0, 0.1) is 6.92 Å². The van der Waals surface area contributed by atoms with Gasteiger partial charge in [-0.2, -0.15) is 0 Å². The van der Waals surface area contributed by atoms with Crippen molar-refractivity contribution in [2.75, 3.05) is 11.1 Å². The second-order valence-corrected chi connectivity index (χ2v) is 4.61. The van der Waals surface area contributed by atoms with Crippen LogP contribution in [0.1, 0.15) is 12.5 Å². The van der Waals surface area contributed by atoms with Gasteiger partial charge in [0.05, 0.1) is 0 Å². The van der Waals surface area contributed by atoms with E-state index >= 15 is 0 Å². The fourth-order valence-electron chi connectivity index (χ4n) is 1.89. The number of anilines is 2. The van der Waals surface area contributed by atoms with Crippen LogP contribution in [0.5, 0.6) is 0 Å². The first-order valence-electron chi connectivity index (χ1n) is 6.43. The molecule has 0 saturated carbocycles. The number of carbonyl (C=O) groups is 1. The summed E-state index contributed by atoms with van der Waals surface area (Å²) in [6.07, 6.45) is 3.27. The summed E-state index contributed by atoms with van der Waals surface area (Å²) in [4.78, 5) is 23.7. The standard InChI is InChI=1S/C14H18N4O2/c1-3-17-6-7-18(14(17)20)9-13(19)16-11-5-4-10(2)12(15)8-11/h4-8H,3,9,15H2,1-2H3,(H,16,19).